The van der Waals surface area contributed by atoms with Crippen molar-refractivity contribution in [2.45, 2.75) is 6.92 Å². The van der Waals surface area contributed by atoms with Gasteiger partial charge in [-0.15, -0.1) is 0 Å². The van der Waals surface area contributed by atoms with E-state index in [2.05, 4.69) is 10.3 Å². The van der Waals surface area contributed by atoms with Crippen molar-refractivity contribution >= 4 is 23.2 Å². The minimum Gasteiger partial charge on any atom is -0.321 e. The van der Waals surface area contributed by atoms with Gasteiger partial charge in [0, 0.05) is 24.9 Å². The normalized spacial score (nSPS) is 10.3. The van der Waals surface area contributed by atoms with Gasteiger partial charge in [0.15, 0.2) is 0 Å². The molecule has 5 nitrogen and oxygen atoms in total. The predicted octanol–water partition coefficient (Wildman–Crippen LogP) is 1.99. The fourth-order valence-electron chi connectivity index (χ4n) is 1.52. The lowest BCUT2D eigenvalue weighted by molar-refractivity contribution is 0.102. The van der Waals surface area contributed by atoms with Gasteiger partial charge in [-0.2, -0.15) is 0 Å². The zero-order valence-electron chi connectivity index (χ0n) is 10.5. The first kappa shape index (κ1) is 13.3. The molecule has 0 aliphatic rings. The van der Waals surface area contributed by atoms with Crippen LogP contribution in [0.25, 0.3) is 0 Å². The number of halogens is 1. The van der Waals surface area contributed by atoms with E-state index >= 15 is 0 Å². The first-order chi connectivity index (χ1) is 8.97. The Kier molecular flexibility index (Phi) is 3.66. The van der Waals surface area contributed by atoms with Crippen molar-refractivity contribution in [2.24, 2.45) is 7.05 Å². The molecule has 1 N–H and O–H groups in total. The molecule has 19 heavy (non-hydrogen) atoms. The third kappa shape index (κ3) is 3.00. The van der Waals surface area contributed by atoms with Crippen LogP contribution >= 0.6 is 11.6 Å². The monoisotopic (exact) mass is 277 g/mol. The van der Waals surface area contributed by atoms with E-state index in [1.807, 2.05) is 0 Å². The number of rotatable bonds is 2. The summed E-state index contributed by atoms with van der Waals surface area (Å²) < 4.78 is 1.39. The molecule has 0 spiro atoms. The lowest BCUT2D eigenvalue weighted by Gasteiger charge is -2.06. The van der Waals surface area contributed by atoms with Crippen molar-refractivity contribution < 1.29 is 4.79 Å². The Balaban J connectivity index is 2.23. The average molecular weight is 278 g/mol. The highest BCUT2D eigenvalue weighted by atomic mass is 35.5. The molecule has 0 saturated carbocycles. The first-order valence-corrected chi connectivity index (χ1v) is 5.95. The summed E-state index contributed by atoms with van der Waals surface area (Å²) in [5, 5.41) is 3.06. The van der Waals surface area contributed by atoms with Crippen molar-refractivity contribution in [3.05, 3.63) is 57.2 Å². The molecule has 0 aliphatic carbocycles. The summed E-state index contributed by atoms with van der Waals surface area (Å²) in [6.07, 6.45) is 3.01. The average Bonchev–Trinajstić information content (AvgIpc) is 2.37. The van der Waals surface area contributed by atoms with Crippen LogP contribution in [0.1, 0.15) is 15.9 Å². The van der Waals surface area contributed by atoms with Crippen LogP contribution in [-0.2, 0) is 7.05 Å². The van der Waals surface area contributed by atoms with Gasteiger partial charge < -0.3 is 9.88 Å². The van der Waals surface area contributed by atoms with Crippen molar-refractivity contribution in [1.29, 1.82) is 0 Å². The second-order valence-corrected chi connectivity index (χ2v) is 4.51. The Morgan fingerprint density at radius 1 is 1.42 bits per heavy atom. The molecule has 0 bridgehead atoms. The van der Waals surface area contributed by atoms with Gasteiger partial charge in [0.2, 0.25) is 0 Å². The Morgan fingerprint density at radius 2 is 2.16 bits per heavy atom. The van der Waals surface area contributed by atoms with E-state index in [0.29, 0.717) is 16.4 Å². The molecule has 0 radical (unpaired) electrons. The largest absolute Gasteiger partial charge is 0.321 e. The standard InChI is InChI=1S/C13H12ClN3O2/c1-8-5-10(7-15-12(8)14)16-13(19)9-3-4-17(2)11(18)6-9/h3-7H,1-2H3,(H,16,19). The van der Waals surface area contributed by atoms with Crippen molar-refractivity contribution in [1.82, 2.24) is 9.55 Å². The SMILES string of the molecule is Cc1cc(NC(=O)c2ccn(C)c(=O)c2)cnc1Cl. The zero-order valence-corrected chi connectivity index (χ0v) is 11.2. The van der Waals surface area contributed by atoms with Crippen LogP contribution < -0.4 is 10.9 Å². The first-order valence-electron chi connectivity index (χ1n) is 5.57. The summed E-state index contributed by atoms with van der Waals surface area (Å²) >= 11 is 5.80. The fraction of sp³-hybridized carbons (Fsp3) is 0.154. The molecule has 0 unspecified atom stereocenters. The van der Waals surface area contributed by atoms with Gasteiger partial charge in [-0.05, 0) is 24.6 Å². The topological polar surface area (TPSA) is 64.0 Å². The Hall–Kier alpha value is -2.14. The summed E-state index contributed by atoms with van der Waals surface area (Å²) in [4.78, 5) is 27.3. The van der Waals surface area contributed by atoms with E-state index in [9.17, 15) is 9.59 Å². The maximum absolute atomic E-state index is 12.0. The molecule has 2 heterocycles. The summed E-state index contributed by atoms with van der Waals surface area (Å²) in [7, 11) is 1.62. The molecule has 6 heteroatoms. The minimum atomic E-state index is -0.360. The minimum absolute atomic E-state index is 0.238. The summed E-state index contributed by atoms with van der Waals surface area (Å²) in [6.45, 7) is 1.79. The zero-order chi connectivity index (χ0) is 14.0. The molecule has 0 atom stereocenters. The number of amides is 1. The van der Waals surface area contributed by atoms with E-state index < -0.39 is 0 Å². The van der Waals surface area contributed by atoms with Crippen LogP contribution in [0, 0.1) is 6.92 Å². The molecule has 2 rings (SSSR count). The third-order valence-electron chi connectivity index (χ3n) is 2.64. The number of nitrogens with one attached hydrogen (secondary N) is 1. The molecule has 2 aromatic heterocycles. The fourth-order valence-corrected chi connectivity index (χ4v) is 1.62. The van der Waals surface area contributed by atoms with E-state index in [4.69, 9.17) is 11.6 Å². The molecule has 0 aliphatic heterocycles. The molecule has 0 saturated heterocycles. The van der Waals surface area contributed by atoms with Crippen molar-refractivity contribution in [2.75, 3.05) is 5.32 Å². The van der Waals surface area contributed by atoms with Crippen LogP contribution in [0.5, 0.6) is 0 Å². The number of hydrogen-bond acceptors (Lipinski definition) is 3. The number of nitrogens with zero attached hydrogens (tertiary/aromatic N) is 2. The second-order valence-electron chi connectivity index (χ2n) is 4.15. The number of hydrogen-bond donors (Lipinski definition) is 1. The third-order valence-corrected chi connectivity index (χ3v) is 3.03. The quantitative estimate of drug-likeness (QED) is 0.854. The summed E-state index contributed by atoms with van der Waals surface area (Å²) in [6, 6.07) is 4.58. The van der Waals surface area contributed by atoms with Crippen LogP contribution in [0.2, 0.25) is 5.15 Å². The van der Waals surface area contributed by atoms with Gasteiger partial charge >= 0.3 is 0 Å². The van der Waals surface area contributed by atoms with E-state index in [-0.39, 0.29) is 11.5 Å². The Labute approximate surface area is 114 Å². The molecule has 0 aromatic carbocycles. The van der Waals surface area contributed by atoms with Gasteiger partial charge in [-0.1, -0.05) is 11.6 Å². The Morgan fingerprint density at radius 3 is 2.79 bits per heavy atom. The van der Waals surface area contributed by atoms with Gasteiger partial charge in [0.25, 0.3) is 11.5 Å². The maximum Gasteiger partial charge on any atom is 0.255 e. The molecule has 98 valence electrons. The highest BCUT2D eigenvalue weighted by Crippen LogP contribution is 2.16. The Bertz CT molecular complexity index is 695. The summed E-state index contributed by atoms with van der Waals surface area (Å²) in [5.74, 6) is -0.360. The highest BCUT2D eigenvalue weighted by Gasteiger charge is 2.08. The van der Waals surface area contributed by atoms with Crippen LogP contribution in [0.4, 0.5) is 5.69 Å². The number of carbonyl (C=O) groups excluding carboxylic acids is 1. The number of aryl methyl sites for hydroxylation is 2. The second kappa shape index (κ2) is 5.24. The van der Waals surface area contributed by atoms with Crippen LogP contribution in [0.15, 0.2) is 35.4 Å². The number of carbonyl (C=O) groups is 1. The summed E-state index contributed by atoms with van der Waals surface area (Å²) in [5.41, 5.74) is 1.37. The molecular formula is C13H12ClN3O2. The van der Waals surface area contributed by atoms with Crippen LogP contribution in [-0.4, -0.2) is 15.5 Å². The van der Waals surface area contributed by atoms with Gasteiger partial charge in [0.1, 0.15) is 5.15 Å². The maximum atomic E-state index is 12.0. The molecule has 1 amide bonds. The van der Waals surface area contributed by atoms with Gasteiger partial charge in [-0.25, -0.2) is 4.98 Å². The molecule has 2 aromatic rings. The van der Waals surface area contributed by atoms with Gasteiger partial charge in [0.05, 0.1) is 11.9 Å². The van der Waals surface area contributed by atoms with Gasteiger partial charge in [-0.3, -0.25) is 9.59 Å². The molecular weight excluding hydrogens is 266 g/mol. The van der Waals surface area contributed by atoms with Crippen molar-refractivity contribution in [3.63, 3.8) is 0 Å². The lowest BCUT2D eigenvalue weighted by atomic mass is 10.2. The van der Waals surface area contributed by atoms with E-state index in [1.54, 1.807) is 32.3 Å². The molecule has 0 fully saturated rings. The number of pyridine rings is 2. The number of anilines is 1. The predicted molar refractivity (Wildman–Crippen MR) is 73.6 cm³/mol. The van der Waals surface area contributed by atoms with E-state index in [0.717, 1.165) is 5.56 Å². The number of aromatic nitrogens is 2. The lowest BCUT2D eigenvalue weighted by Crippen LogP contribution is -2.20. The van der Waals surface area contributed by atoms with Crippen LogP contribution in [0.3, 0.4) is 0 Å². The smallest absolute Gasteiger partial charge is 0.255 e. The van der Waals surface area contributed by atoms with Crippen molar-refractivity contribution in [3.8, 4) is 0 Å². The highest BCUT2D eigenvalue weighted by molar-refractivity contribution is 6.30. The van der Waals surface area contributed by atoms with E-state index in [1.165, 1.54) is 16.8 Å².